The molecule has 1 aliphatic heterocycles. The average Bonchev–Trinajstić information content (AvgIpc) is 3.35. The van der Waals surface area contributed by atoms with Gasteiger partial charge in [-0.15, -0.1) is 0 Å². The normalized spacial score (nSPS) is 24.7. The summed E-state index contributed by atoms with van der Waals surface area (Å²) >= 11 is 0. The number of nitrogens with one attached hydrogen (secondary N) is 2. The zero-order valence-corrected chi connectivity index (χ0v) is 16.3. The maximum absolute atomic E-state index is 14.0. The Hall–Kier alpha value is -1.62. The van der Waals surface area contributed by atoms with Gasteiger partial charge in [-0.1, -0.05) is 32.0 Å². The molecule has 1 saturated carbocycles. The van der Waals surface area contributed by atoms with E-state index in [4.69, 9.17) is 0 Å². The van der Waals surface area contributed by atoms with Gasteiger partial charge in [0.05, 0.1) is 0 Å². The number of benzene rings is 1. The molecule has 1 saturated heterocycles. The Morgan fingerprint density at radius 3 is 2.62 bits per heavy atom. The van der Waals surface area contributed by atoms with Crippen LogP contribution in [0.25, 0.3) is 0 Å². The SMILES string of the molecule is CCN=C(NC1CCN(CC(C)C)CC1)NC1CC1c1ccccc1F. The topological polar surface area (TPSA) is 39.7 Å². The van der Waals surface area contributed by atoms with Crippen LogP contribution in [0.4, 0.5) is 4.39 Å². The molecule has 144 valence electrons. The Kier molecular flexibility index (Phi) is 6.52. The number of aliphatic imine (C=N–C) groups is 1. The van der Waals surface area contributed by atoms with Gasteiger partial charge in [0, 0.05) is 44.2 Å². The summed E-state index contributed by atoms with van der Waals surface area (Å²) in [5.41, 5.74) is 0.822. The van der Waals surface area contributed by atoms with E-state index in [1.54, 1.807) is 12.1 Å². The van der Waals surface area contributed by atoms with E-state index in [9.17, 15) is 4.39 Å². The zero-order chi connectivity index (χ0) is 18.5. The summed E-state index contributed by atoms with van der Waals surface area (Å²) in [5, 5.41) is 7.12. The number of guanidine groups is 1. The third kappa shape index (κ3) is 5.19. The molecule has 0 bridgehead atoms. The molecule has 5 heteroatoms. The van der Waals surface area contributed by atoms with E-state index in [0.29, 0.717) is 6.04 Å². The highest BCUT2D eigenvalue weighted by atomic mass is 19.1. The van der Waals surface area contributed by atoms with E-state index in [0.717, 1.165) is 56.3 Å². The molecule has 2 unspecified atom stereocenters. The third-order valence-corrected chi connectivity index (χ3v) is 5.29. The summed E-state index contributed by atoms with van der Waals surface area (Å²) in [7, 11) is 0. The van der Waals surface area contributed by atoms with Crippen LogP contribution in [0.5, 0.6) is 0 Å². The van der Waals surface area contributed by atoms with Gasteiger partial charge in [-0.25, -0.2) is 4.39 Å². The Morgan fingerprint density at radius 2 is 1.96 bits per heavy atom. The van der Waals surface area contributed by atoms with Crippen molar-refractivity contribution in [1.29, 1.82) is 0 Å². The number of likely N-dealkylation sites (tertiary alicyclic amines) is 1. The van der Waals surface area contributed by atoms with E-state index < -0.39 is 0 Å². The van der Waals surface area contributed by atoms with Crippen molar-refractivity contribution in [2.75, 3.05) is 26.2 Å². The monoisotopic (exact) mass is 360 g/mol. The van der Waals surface area contributed by atoms with Gasteiger partial charge in [0.15, 0.2) is 5.96 Å². The molecule has 2 aliphatic rings. The largest absolute Gasteiger partial charge is 0.354 e. The van der Waals surface area contributed by atoms with Crippen LogP contribution in [0, 0.1) is 11.7 Å². The summed E-state index contributed by atoms with van der Waals surface area (Å²) < 4.78 is 14.0. The van der Waals surface area contributed by atoms with E-state index in [2.05, 4.69) is 41.3 Å². The van der Waals surface area contributed by atoms with Crippen molar-refractivity contribution in [3.05, 3.63) is 35.6 Å². The van der Waals surface area contributed by atoms with Crippen molar-refractivity contribution in [3.8, 4) is 0 Å². The lowest BCUT2D eigenvalue weighted by molar-refractivity contribution is 0.187. The summed E-state index contributed by atoms with van der Waals surface area (Å²) in [6.45, 7) is 10.8. The van der Waals surface area contributed by atoms with Gasteiger partial charge < -0.3 is 15.5 Å². The highest BCUT2D eigenvalue weighted by Crippen LogP contribution is 2.41. The molecule has 26 heavy (non-hydrogen) atoms. The highest BCUT2D eigenvalue weighted by molar-refractivity contribution is 5.81. The molecule has 1 aliphatic carbocycles. The first-order chi connectivity index (χ1) is 12.6. The second kappa shape index (κ2) is 8.85. The Labute approximate surface area is 157 Å². The molecule has 1 aromatic rings. The van der Waals surface area contributed by atoms with Crippen LogP contribution in [0.3, 0.4) is 0 Å². The minimum absolute atomic E-state index is 0.0961. The first-order valence-corrected chi connectivity index (χ1v) is 10.1. The Morgan fingerprint density at radius 1 is 1.23 bits per heavy atom. The molecule has 3 rings (SSSR count). The molecule has 4 nitrogen and oxygen atoms in total. The van der Waals surface area contributed by atoms with Crippen LogP contribution in [0.2, 0.25) is 0 Å². The number of hydrogen-bond acceptors (Lipinski definition) is 2. The number of piperidine rings is 1. The molecule has 0 spiro atoms. The van der Waals surface area contributed by atoms with Crippen molar-refractivity contribution in [3.63, 3.8) is 0 Å². The molecule has 2 fully saturated rings. The molecule has 1 aromatic carbocycles. The molecular weight excluding hydrogens is 327 g/mol. The standard InChI is InChI=1S/C21H33FN4/c1-4-23-21(24-16-9-11-26(12-10-16)14-15(2)3)25-20-13-18(20)17-7-5-6-8-19(17)22/h5-8,15-16,18,20H,4,9-14H2,1-3H3,(H2,23,24,25). The highest BCUT2D eigenvalue weighted by Gasteiger charge is 2.40. The van der Waals surface area contributed by atoms with Crippen LogP contribution >= 0.6 is 0 Å². The first-order valence-electron chi connectivity index (χ1n) is 10.1. The lowest BCUT2D eigenvalue weighted by Gasteiger charge is -2.34. The summed E-state index contributed by atoms with van der Waals surface area (Å²) in [6, 6.07) is 7.87. The molecule has 0 radical (unpaired) electrons. The lowest BCUT2D eigenvalue weighted by atomic mass is 10.0. The lowest BCUT2D eigenvalue weighted by Crippen LogP contribution is -2.49. The van der Waals surface area contributed by atoms with Gasteiger partial charge in [0.1, 0.15) is 5.82 Å². The molecule has 1 heterocycles. The maximum Gasteiger partial charge on any atom is 0.191 e. The number of nitrogens with zero attached hydrogens (tertiary/aromatic N) is 2. The van der Waals surface area contributed by atoms with E-state index >= 15 is 0 Å². The average molecular weight is 361 g/mol. The predicted octanol–water partition coefficient (Wildman–Crippen LogP) is 3.36. The fraction of sp³-hybridized carbons (Fsp3) is 0.667. The maximum atomic E-state index is 14.0. The predicted molar refractivity (Wildman–Crippen MR) is 106 cm³/mol. The molecule has 2 N–H and O–H groups in total. The van der Waals surface area contributed by atoms with Gasteiger partial charge in [-0.3, -0.25) is 4.99 Å². The van der Waals surface area contributed by atoms with Crippen molar-refractivity contribution in [2.45, 2.75) is 58.0 Å². The van der Waals surface area contributed by atoms with Gasteiger partial charge in [0.2, 0.25) is 0 Å². The van der Waals surface area contributed by atoms with Crippen LogP contribution in [0.15, 0.2) is 29.3 Å². The third-order valence-electron chi connectivity index (χ3n) is 5.29. The molecule has 0 aromatic heterocycles. The minimum Gasteiger partial charge on any atom is -0.354 e. The fourth-order valence-electron chi connectivity index (χ4n) is 3.91. The Bertz CT molecular complexity index is 608. The fourth-order valence-corrected chi connectivity index (χ4v) is 3.91. The van der Waals surface area contributed by atoms with Crippen LogP contribution in [0.1, 0.15) is 51.5 Å². The Balaban J connectivity index is 1.49. The van der Waals surface area contributed by atoms with E-state index in [-0.39, 0.29) is 17.8 Å². The van der Waals surface area contributed by atoms with Crippen LogP contribution in [-0.2, 0) is 0 Å². The van der Waals surface area contributed by atoms with E-state index in [1.165, 1.54) is 6.54 Å². The van der Waals surface area contributed by atoms with Crippen molar-refractivity contribution >= 4 is 5.96 Å². The second-order valence-electron chi connectivity index (χ2n) is 8.05. The quantitative estimate of drug-likeness (QED) is 0.604. The van der Waals surface area contributed by atoms with Gasteiger partial charge >= 0.3 is 0 Å². The first kappa shape index (κ1) is 19.2. The number of halogens is 1. The number of rotatable bonds is 6. The summed E-state index contributed by atoms with van der Waals surface area (Å²) in [5.74, 6) is 1.77. The van der Waals surface area contributed by atoms with Crippen molar-refractivity contribution < 1.29 is 4.39 Å². The van der Waals surface area contributed by atoms with Crippen molar-refractivity contribution in [1.82, 2.24) is 15.5 Å². The smallest absolute Gasteiger partial charge is 0.191 e. The van der Waals surface area contributed by atoms with Crippen LogP contribution in [-0.4, -0.2) is 49.1 Å². The molecular formula is C21H33FN4. The summed E-state index contributed by atoms with van der Waals surface area (Å²) in [4.78, 5) is 7.16. The van der Waals surface area contributed by atoms with Gasteiger partial charge in [0.25, 0.3) is 0 Å². The second-order valence-corrected chi connectivity index (χ2v) is 8.05. The number of hydrogen-bond donors (Lipinski definition) is 2. The zero-order valence-electron chi connectivity index (χ0n) is 16.3. The summed E-state index contributed by atoms with van der Waals surface area (Å²) in [6.07, 6.45) is 3.27. The van der Waals surface area contributed by atoms with Crippen LogP contribution < -0.4 is 10.6 Å². The molecule has 2 atom stereocenters. The van der Waals surface area contributed by atoms with Gasteiger partial charge in [-0.05, 0) is 43.7 Å². The van der Waals surface area contributed by atoms with Crippen molar-refractivity contribution in [2.24, 2.45) is 10.9 Å². The minimum atomic E-state index is -0.0961. The van der Waals surface area contributed by atoms with Gasteiger partial charge in [-0.2, -0.15) is 0 Å². The molecule has 0 amide bonds. The van der Waals surface area contributed by atoms with E-state index in [1.807, 2.05) is 12.1 Å².